The summed E-state index contributed by atoms with van der Waals surface area (Å²) >= 11 is 0. The van der Waals surface area contributed by atoms with E-state index >= 15 is 0 Å². The Morgan fingerprint density at radius 3 is 2.62 bits per heavy atom. The van der Waals surface area contributed by atoms with Crippen LogP contribution in [-0.2, 0) is 12.3 Å². The maximum absolute atomic E-state index is 13.2. The highest BCUT2D eigenvalue weighted by Crippen LogP contribution is 2.41. The normalized spacial score (nSPS) is 18.8. The number of hydrogen-bond donors (Lipinski definition) is 0. The van der Waals surface area contributed by atoms with Crippen LogP contribution in [0.3, 0.4) is 0 Å². The topological polar surface area (TPSA) is 25.8 Å². The molecule has 0 radical (unpaired) electrons. The fourth-order valence-electron chi connectivity index (χ4n) is 1.84. The van der Waals surface area contributed by atoms with E-state index in [1.807, 2.05) is 0 Å². The average Bonchev–Trinajstić information content (AvgIpc) is 2.26. The molecule has 1 aromatic heterocycles. The van der Waals surface area contributed by atoms with E-state index in [2.05, 4.69) is 9.97 Å². The minimum Gasteiger partial charge on any atom is -0.238 e. The van der Waals surface area contributed by atoms with Gasteiger partial charge in [-0.2, -0.15) is 0 Å². The first kappa shape index (κ1) is 8.53. The summed E-state index contributed by atoms with van der Waals surface area (Å²) in [5.74, 6) is -2.14. The Kier molecular flexibility index (Phi) is 1.62. The standard InChI is InChI=1S/C9H10F2N2/c1-5-8-7(13-6(2)12-5)3-4-9(8,10)11/h3-4H2,1-2H3. The van der Waals surface area contributed by atoms with E-state index in [1.165, 1.54) is 0 Å². The summed E-state index contributed by atoms with van der Waals surface area (Å²) < 4.78 is 26.5. The molecule has 1 aliphatic rings. The molecule has 13 heavy (non-hydrogen) atoms. The van der Waals surface area contributed by atoms with Crippen molar-refractivity contribution in [3.63, 3.8) is 0 Å². The summed E-state index contributed by atoms with van der Waals surface area (Å²) in [6.45, 7) is 3.34. The third-order valence-electron chi connectivity index (χ3n) is 2.32. The minimum absolute atomic E-state index is 0.0538. The number of hydrogen-bond acceptors (Lipinski definition) is 2. The molecule has 0 unspecified atom stereocenters. The van der Waals surface area contributed by atoms with Gasteiger partial charge in [-0.25, -0.2) is 18.7 Å². The van der Waals surface area contributed by atoms with Crippen molar-refractivity contribution in [3.8, 4) is 0 Å². The van der Waals surface area contributed by atoms with Crippen molar-refractivity contribution < 1.29 is 8.78 Å². The molecule has 0 spiro atoms. The predicted octanol–water partition coefficient (Wildman–Crippen LogP) is 2.13. The molecule has 0 fully saturated rings. The van der Waals surface area contributed by atoms with Crippen LogP contribution in [-0.4, -0.2) is 9.97 Å². The van der Waals surface area contributed by atoms with Crippen LogP contribution in [0, 0.1) is 13.8 Å². The van der Waals surface area contributed by atoms with E-state index in [4.69, 9.17) is 0 Å². The van der Waals surface area contributed by atoms with Crippen LogP contribution < -0.4 is 0 Å². The molecule has 70 valence electrons. The van der Waals surface area contributed by atoms with E-state index in [9.17, 15) is 8.78 Å². The smallest absolute Gasteiger partial charge is 0.238 e. The van der Waals surface area contributed by atoms with Gasteiger partial charge in [0.2, 0.25) is 0 Å². The second-order valence-corrected chi connectivity index (χ2v) is 3.38. The lowest BCUT2D eigenvalue weighted by atomic mass is 10.1. The summed E-state index contributed by atoms with van der Waals surface area (Å²) in [6, 6.07) is 0. The van der Waals surface area contributed by atoms with Gasteiger partial charge in [0.25, 0.3) is 5.92 Å². The summed E-state index contributed by atoms with van der Waals surface area (Å²) in [5, 5.41) is 0. The van der Waals surface area contributed by atoms with Crippen molar-refractivity contribution in [1.29, 1.82) is 0 Å². The van der Waals surface area contributed by atoms with E-state index in [-0.39, 0.29) is 12.0 Å². The van der Waals surface area contributed by atoms with Crippen molar-refractivity contribution in [2.24, 2.45) is 0 Å². The van der Waals surface area contributed by atoms with Gasteiger partial charge in [-0.3, -0.25) is 0 Å². The summed E-state index contributed by atoms with van der Waals surface area (Å²) in [5.41, 5.74) is 0.998. The van der Waals surface area contributed by atoms with Crippen LogP contribution in [0.2, 0.25) is 0 Å². The number of nitrogens with zero attached hydrogens (tertiary/aromatic N) is 2. The second kappa shape index (κ2) is 2.47. The highest BCUT2D eigenvalue weighted by Gasteiger charge is 2.42. The zero-order valence-corrected chi connectivity index (χ0v) is 7.56. The van der Waals surface area contributed by atoms with Crippen molar-refractivity contribution in [1.82, 2.24) is 9.97 Å². The lowest BCUT2D eigenvalue weighted by Crippen LogP contribution is -2.11. The molecule has 0 aliphatic heterocycles. The molecular weight excluding hydrogens is 174 g/mol. The predicted molar refractivity (Wildman–Crippen MR) is 43.7 cm³/mol. The van der Waals surface area contributed by atoms with Crippen molar-refractivity contribution in [2.45, 2.75) is 32.6 Å². The summed E-state index contributed by atoms with van der Waals surface area (Å²) in [4.78, 5) is 7.97. The van der Waals surface area contributed by atoms with Gasteiger partial charge in [0.15, 0.2) is 0 Å². The monoisotopic (exact) mass is 184 g/mol. The Bertz CT molecular complexity index is 361. The third-order valence-corrected chi connectivity index (χ3v) is 2.32. The molecular formula is C9H10F2N2. The molecule has 0 bridgehead atoms. The van der Waals surface area contributed by atoms with Crippen molar-refractivity contribution >= 4 is 0 Å². The Morgan fingerprint density at radius 2 is 1.92 bits per heavy atom. The number of aryl methyl sites for hydroxylation is 3. The van der Waals surface area contributed by atoms with E-state index in [1.54, 1.807) is 13.8 Å². The van der Waals surface area contributed by atoms with Gasteiger partial charge >= 0.3 is 0 Å². The molecule has 0 saturated carbocycles. The number of alkyl halides is 2. The first-order chi connectivity index (χ1) is 6.00. The quantitative estimate of drug-likeness (QED) is 0.617. The Labute approximate surface area is 75.0 Å². The SMILES string of the molecule is Cc1nc(C)c2c(n1)CCC2(F)F. The Hall–Kier alpha value is -1.06. The molecule has 1 heterocycles. The molecule has 0 amide bonds. The van der Waals surface area contributed by atoms with Crippen LogP contribution in [0.1, 0.15) is 29.2 Å². The van der Waals surface area contributed by atoms with E-state index in [0.717, 1.165) is 0 Å². The van der Waals surface area contributed by atoms with Crippen LogP contribution in [0.4, 0.5) is 8.78 Å². The van der Waals surface area contributed by atoms with Crippen molar-refractivity contribution in [2.75, 3.05) is 0 Å². The fraction of sp³-hybridized carbons (Fsp3) is 0.556. The van der Waals surface area contributed by atoms with Gasteiger partial charge in [-0.05, 0) is 20.3 Å². The van der Waals surface area contributed by atoms with Gasteiger partial charge in [-0.15, -0.1) is 0 Å². The molecule has 1 aromatic rings. The van der Waals surface area contributed by atoms with E-state index < -0.39 is 5.92 Å². The van der Waals surface area contributed by atoms with Crippen molar-refractivity contribution in [3.05, 3.63) is 22.8 Å². The highest BCUT2D eigenvalue weighted by molar-refractivity contribution is 5.34. The van der Waals surface area contributed by atoms with Crippen LogP contribution in [0.15, 0.2) is 0 Å². The highest BCUT2D eigenvalue weighted by atomic mass is 19.3. The molecule has 1 aliphatic carbocycles. The average molecular weight is 184 g/mol. The molecule has 0 saturated heterocycles. The zero-order valence-electron chi connectivity index (χ0n) is 7.56. The van der Waals surface area contributed by atoms with E-state index in [0.29, 0.717) is 23.6 Å². The van der Waals surface area contributed by atoms with Gasteiger partial charge in [0.1, 0.15) is 5.82 Å². The number of rotatable bonds is 0. The maximum Gasteiger partial charge on any atom is 0.277 e. The first-order valence-electron chi connectivity index (χ1n) is 4.23. The molecule has 0 N–H and O–H groups in total. The first-order valence-corrected chi connectivity index (χ1v) is 4.23. The summed E-state index contributed by atoms with van der Waals surface area (Å²) in [7, 11) is 0. The van der Waals surface area contributed by atoms with Crippen LogP contribution >= 0.6 is 0 Å². The second-order valence-electron chi connectivity index (χ2n) is 3.38. The number of halogens is 2. The Morgan fingerprint density at radius 1 is 1.23 bits per heavy atom. The van der Waals surface area contributed by atoms with Gasteiger partial charge in [0, 0.05) is 6.42 Å². The lowest BCUT2D eigenvalue weighted by molar-refractivity contribution is -0.00277. The third kappa shape index (κ3) is 1.20. The molecule has 2 rings (SSSR count). The van der Waals surface area contributed by atoms with Crippen LogP contribution in [0.5, 0.6) is 0 Å². The van der Waals surface area contributed by atoms with Gasteiger partial charge < -0.3 is 0 Å². The minimum atomic E-state index is -2.72. The van der Waals surface area contributed by atoms with Gasteiger partial charge in [0.05, 0.1) is 17.0 Å². The fourth-order valence-corrected chi connectivity index (χ4v) is 1.84. The molecule has 2 nitrogen and oxygen atoms in total. The lowest BCUT2D eigenvalue weighted by Gasteiger charge is -2.11. The molecule has 0 aromatic carbocycles. The Balaban J connectivity index is 2.65. The summed E-state index contributed by atoms with van der Waals surface area (Å²) in [6.07, 6.45) is 0.244. The maximum atomic E-state index is 13.2. The zero-order chi connectivity index (χ0) is 9.64. The molecule has 4 heteroatoms. The van der Waals surface area contributed by atoms with Gasteiger partial charge in [-0.1, -0.05) is 0 Å². The number of fused-ring (bicyclic) bond motifs is 1. The largest absolute Gasteiger partial charge is 0.277 e. The number of aromatic nitrogens is 2. The molecule has 0 atom stereocenters. The van der Waals surface area contributed by atoms with Crippen LogP contribution in [0.25, 0.3) is 0 Å².